The number of benzene rings is 2. The summed E-state index contributed by atoms with van der Waals surface area (Å²) in [6.45, 7) is 6.68. The Bertz CT molecular complexity index is 878. The van der Waals surface area contributed by atoms with Gasteiger partial charge in [-0.1, -0.05) is 36.4 Å². The number of rotatable bonds is 8. The van der Waals surface area contributed by atoms with Crippen molar-refractivity contribution in [1.29, 1.82) is 0 Å². The maximum atomic E-state index is 12.3. The number of ether oxygens (including phenoxy) is 1. The third kappa shape index (κ3) is 5.47. The molecule has 1 fully saturated rings. The Kier molecular flexibility index (Phi) is 6.93. The second-order valence-electron chi connectivity index (χ2n) is 7.08. The fourth-order valence-corrected chi connectivity index (χ4v) is 4.73. The van der Waals surface area contributed by atoms with E-state index in [9.17, 15) is 8.42 Å². The van der Waals surface area contributed by atoms with Crippen LogP contribution in [0.1, 0.15) is 11.1 Å². The fourth-order valence-electron chi connectivity index (χ4n) is 3.49. The molecule has 0 saturated carbocycles. The smallest absolute Gasteiger partial charge is 0.215 e. The van der Waals surface area contributed by atoms with Crippen LogP contribution >= 0.6 is 0 Å². The van der Waals surface area contributed by atoms with E-state index >= 15 is 0 Å². The predicted octanol–water partition coefficient (Wildman–Crippen LogP) is 2.25. The summed E-state index contributed by atoms with van der Waals surface area (Å²) in [5, 5.41) is 0. The van der Waals surface area contributed by atoms with Crippen LogP contribution in [0.25, 0.3) is 0 Å². The van der Waals surface area contributed by atoms with Crippen molar-refractivity contribution >= 4 is 15.7 Å². The van der Waals surface area contributed by atoms with Gasteiger partial charge in [0.15, 0.2) is 0 Å². The van der Waals surface area contributed by atoms with Crippen molar-refractivity contribution in [1.82, 2.24) is 9.62 Å². The lowest BCUT2D eigenvalue weighted by Gasteiger charge is -2.36. The number of para-hydroxylation sites is 2. The molecule has 0 aromatic heterocycles. The number of nitrogens with one attached hydrogen (secondary N) is 1. The number of piperazine rings is 1. The Balaban J connectivity index is 1.45. The van der Waals surface area contributed by atoms with Gasteiger partial charge in [-0.25, -0.2) is 13.1 Å². The van der Waals surface area contributed by atoms with Gasteiger partial charge in [0.25, 0.3) is 0 Å². The van der Waals surface area contributed by atoms with Gasteiger partial charge in [-0.05, 0) is 30.2 Å². The van der Waals surface area contributed by atoms with Crippen LogP contribution in [0.5, 0.6) is 5.75 Å². The zero-order valence-corrected chi connectivity index (χ0v) is 17.4. The Morgan fingerprint density at radius 2 is 1.68 bits per heavy atom. The molecule has 0 unspecified atom stereocenters. The molecule has 0 aliphatic carbocycles. The maximum absolute atomic E-state index is 12.3. The number of aryl methyl sites for hydroxylation is 1. The minimum absolute atomic E-state index is 0.0290. The summed E-state index contributed by atoms with van der Waals surface area (Å²) in [6.07, 6.45) is 0. The summed E-state index contributed by atoms with van der Waals surface area (Å²) in [5.74, 6) is 0.918. The number of anilines is 1. The van der Waals surface area contributed by atoms with Crippen molar-refractivity contribution in [2.24, 2.45) is 0 Å². The first kappa shape index (κ1) is 20.6. The summed E-state index contributed by atoms with van der Waals surface area (Å²) >= 11 is 0. The highest BCUT2D eigenvalue weighted by molar-refractivity contribution is 7.88. The Labute approximate surface area is 168 Å². The molecule has 1 saturated heterocycles. The van der Waals surface area contributed by atoms with Crippen molar-refractivity contribution in [2.45, 2.75) is 12.7 Å². The largest absolute Gasteiger partial charge is 0.495 e. The molecule has 1 aliphatic heterocycles. The summed E-state index contributed by atoms with van der Waals surface area (Å²) in [7, 11) is -1.63. The lowest BCUT2D eigenvalue weighted by atomic mass is 10.1. The molecule has 2 aromatic rings. The van der Waals surface area contributed by atoms with Crippen LogP contribution in [0, 0.1) is 6.92 Å². The molecule has 0 amide bonds. The number of methoxy groups -OCH3 is 1. The second-order valence-corrected chi connectivity index (χ2v) is 8.89. The summed E-state index contributed by atoms with van der Waals surface area (Å²) < 4.78 is 32.9. The molecule has 0 atom stereocenters. The number of hydrogen-bond donors (Lipinski definition) is 1. The van der Waals surface area contributed by atoms with E-state index in [-0.39, 0.29) is 5.75 Å². The third-order valence-electron chi connectivity index (χ3n) is 5.15. The average molecular weight is 404 g/mol. The van der Waals surface area contributed by atoms with Crippen LogP contribution in [-0.4, -0.2) is 59.7 Å². The fraction of sp³-hybridized carbons (Fsp3) is 0.429. The second kappa shape index (κ2) is 9.41. The van der Waals surface area contributed by atoms with Gasteiger partial charge in [-0.2, -0.15) is 0 Å². The van der Waals surface area contributed by atoms with Crippen molar-refractivity contribution in [3.63, 3.8) is 0 Å². The Hall–Kier alpha value is -2.09. The van der Waals surface area contributed by atoms with Gasteiger partial charge in [0.2, 0.25) is 10.0 Å². The van der Waals surface area contributed by atoms with Gasteiger partial charge in [0.05, 0.1) is 18.6 Å². The Morgan fingerprint density at radius 3 is 2.39 bits per heavy atom. The zero-order valence-electron chi connectivity index (χ0n) is 16.6. The molecular formula is C21H29N3O3S. The highest BCUT2D eigenvalue weighted by Gasteiger charge is 2.20. The molecule has 0 radical (unpaired) electrons. The summed E-state index contributed by atoms with van der Waals surface area (Å²) in [4.78, 5) is 4.61. The zero-order chi connectivity index (χ0) is 20.0. The first-order valence-corrected chi connectivity index (χ1v) is 11.3. The van der Waals surface area contributed by atoms with E-state index < -0.39 is 10.0 Å². The van der Waals surface area contributed by atoms with E-state index in [4.69, 9.17) is 4.74 Å². The maximum Gasteiger partial charge on any atom is 0.215 e. The molecule has 7 heteroatoms. The molecule has 3 rings (SSSR count). The predicted molar refractivity (Wildman–Crippen MR) is 113 cm³/mol. The summed E-state index contributed by atoms with van der Waals surface area (Å²) in [5.41, 5.74) is 2.96. The van der Waals surface area contributed by atoms with E-state index in [1.54, 1.807) is 7.11 Å². The molecule has 1 N–H and O–H groups in total. The van der Waals surface area contributed by atoms with Crippen molar-refractivity contribution < 1.29 is 13.2 Å². The molecule has 0 bridgehead atoms. The number of nitrogens with zero attached hydrogens (tertiary/aromatic N) is 2. The van der Waals surface area contributed by atoms with Gasteiger partial charge < -0.3 is 9.64 Å². The van der Waals surface area contributed by atoms with E-state index in [1.807, 2.05) is 49.4 Å². The lowest BCUT2D eigenvalue weighted by Crippen LogP contribution is -2.48. The standard InChI is InChI=1S/C21H29N3O3S/c1-18-7-3-4-8-19(18)17-28(25,26)22-11-12-23-13-15-24(16-14-23)20-9-5-6-10-21(20)27-2/h3-10,22H,11-17H2,1-2H3. The monoisotopic (exact) mass is 403 g/mol. The molecular weight excluding hydrogens is 374 g/mol. The molecule has 6 nitrogen and oxygen atoms in total. The van der Waals surface area contributed by atoms with Crippen LogP contribution in [-0.2, 0) is 15.8 Å². The van der Waals surface area contributed by atoms with Crippen LogP contribution < -0.4 is 14.4 Å². The van der Waals surface area contributed by atoms with E-state index in [1.165, 1.54) is 0 Å². The number of hydrogen-bond acceptors (Lipinski definition) is 5. The highest BCUT2D eigenvalue weighted by Crippen LogP contribution is 2.28. The first-order valence-electron chi connectivity index (χ1n) is 9.61. The van der Waals surface area contributed by atoms with Gasteiger partial charge in [0.1, 0.15) is 5.75 Å². The molecule has 0 spiro atoms. The van der Waals surface area contributed by atoms with Gasteiger partial charge in [-0.15, -0.1) is 0 Å². The molecule has 2 aromatic carbocycles. The Morgan fingerprint density at radius 1 is 1.00 bits per heavy atom. The van der Waals surface area contributed by atoms with Crippen molar-refractivity contribution in [3.8, 4) is 5.75 Å². The van der Waals surface area contributed by atoms with E-state index in [0.717, 1.165) is 48.7 Å². The van der Waals surface area contributed by atoms with Crippen LogP contribution in [0.4, 0.5) is 5.69 Å². The van der Waals surface area contributed by atoms with Gasteiger partial charge in [0, 0.05) is 39.3 Å². The number of sulfonamides is 1. The minimum Gasteiger partial charge on any atom is -0.495 e. The van der Waals surface area contributed by atoms with Gasteiger partial charge in [-0.3, -0.25) is 4.90 Å². The van der Waals surface area contributed by atoms with Gasteiger partial charge >= 0.3 is 0 Å². The van der Waals surface area contributed by atoms with Crippen LogP contribution in [0.2, 0.25) is 0 Å². The first-order chi connectivity index (χ1) is 13.5. The highest BCUT2D eigenvalue weighted by atomic mass is 32.2. The lowest BCUT2D eigenvalue weighted by molar-refractivity contribution is 0.261. The van der Waals surface area contributed by atoms with Crippen molar-refractivity contribution in [3.05, 3.63) is 59.7 Å². The SMILES string of the molecule is COc1ccccc1N1CCN(CCNS(=O)(=O)Cc2ccccc2C)CC1. The van der Waals surface area contributed by atoms with E-state index in [0.29, 0.717) is 13.1 Å². The molecule has 1 aliphatic rings. The normalized spacial score (nSPS) is 15.6. The average Bonchev–Trinajstić information content (AvgIpc) is 2.70. The van der Waals surface area contributed by atoms with E-state index in [2.05, 4.69) is 20.6 Å². The molecule has 28 heavy (non-hydrogen) atoms. The van der Waals surface area contributed by atoms with Crippen molar-refractivity contribution in [2.75, 3.05) is 51.3 Å². The van der Waals surface area contributed by atoms with Crippen LogP contribution in [0.3, 0.4) is 0 Å². The topological polar surface area (TPSA) is 61.9 Å². The van der Waals surface area contributed by atoms with Crippen LogP contribution in [0.15, 0.2) is 48.5 Å². The third-order valence-corrected chi connectivity index (χ3v) is 6.49. The quantitative estimate of drug-likeness (QED) is 0.733. The summed E-state index contributed by atoms with van der Waals surface area (Å²) in [6, 6.07) is 15.6. The molecule has 152 valence electrons. The molecule has 1 heterocycles. The minimum atomic E-state index is -3.32.